The minimum absolute atomic E-state index is 0.319. The highest BCUT2D eigenvalue weighted by atomic mass is 35.5. The molecular weight excluding hydrogens is 207 g/mol. The number of nitrogens with zero attached hydrogens (tertiary/aromatic N) is 1. The minimum Gasteiger partial charge on any atom is -0.366 e. The monoisotopic (exact) mass is 216 g/mol. The van der Waals surface area contributed by atoms with E-state index in [1.165, 1.54) is 0 Å². The van der Waals surface area contributed by atoms with Crippen LogP contribution in [0.15, 0.2) is 18.3 Å². The van der Waals surface area contributed by atoms with Crippen molar-refractivity contribution in [2.45, 2.75) is 24.3 Å². The molecule has 1 saturated carbocycles. The van der Waals surface area contributed by atoms with Crippen LogP contribution in [-0.4, -0.2) is 16.4 Å². The smallest absolute Gasteiger partial charge is 0.144 e. The maximum Gasteiger partial charge on any atom is 0.144 e. The molecule has 0 atom stereocenters. The Hall–Kier alpha value is -0.470. The summed E-state index contributed by atoms with van der Waals surface area (Å²) in [5.41, 5.74) is 0. The van der Waals surface area contributed by atoms with Crippen LogP contribution in [0.4, 0.5) is 5.82 Å². The maximum atomic E-state index is 5.93. The van der Waals surface area contributed by atoms with Crippen molar-refractivity contribution in [2.75, 3.05) is 5.32 Å². The molecule has 1 aliphatic carbocycles. The van der Waals surface area contributed by atoms with Crippen molar-refractivity contribution >= 4 is 29.0 Å². The summed E-state index contributed by atoms with van der Waals surface area (Å²) in [7, 11) is 0. The number of halogens is 2. The van der Waals surface area contributed by atoms with Crippen LogP contribution in [0.1, 0.15) is 12.8 Å². The second-order valence-corrected chi connectivity index (χ2v) is 4.27. The van der Waals surface area contributed by atoms with Gasteiger partial charge in [0, 0.05) is 17.6 Å². The average molecular weight is 217 g/mol. The summed E-state index contributed by atoms with van der Waals surface area (Å²) >= 11 is 11.8. The quantitative estimate of drug-likeness (QED) is 0.770. The first-order chi connectivity index (χ1) is 6.25. The zero-order chi connectivity index (χ0) is 9.26. The molecule has 13 heavy (non-hydrogen) atoms. The zero-order valence-electron chi connectivity index (χ0n) is 7.00. The molecule has 0 bridgehead atoms. The number of alkyl halides is 1. The first-order valence-electron chi connectivity index (χ1n) is 4.27. The van der Waals surface area contributed by atoms with Crippen molar-refractivity contribution in [2.24, 2.45) is 0 Å². The number of rotatable bonds is 2. The van der Waals surface area contributed by atoms with Crippen molar-refractivity contribution in [3.8, 4) is 0 Å². The lowest BCUT2D eigenvalue weighted by Gasteiger charge is -2.32. The molecule has 0 unspecified atom stereocenters. The third-order valence-corrected chi connectivity index (χ3v) is 2.84. The number of hydrogen-bond donors (Lipinski definition) is 1. The van der Waals surface area contributed by atoms with Crippen LogP contribution in [0.3, 0.4) is 0 Å². The van der Waals surface area contributed by atoms with Gasteiger partial charge in [0.25, 0.3) is 0 Å². The highest BCUT2D eigenvalue weighted by Gasteiger charge is 2.27. The van der Waals surface area contributed by atoms with E-state index in [1.54, 1.807) is 6.20 Å². The molecule has 4 heteroatoms. The molecule has 0 aliphatic heterocycles. The van der Waals surface area contributed by atoms with Gasteiger partial charge in [-0.3, -0.25) is 0 Å². The molecule has 2 rings (SSSR count). The molecule has 70 valence electrons. The van der Waals surface area contributed by atoms with Crippen LogP contribution in [0, 0.1) is 0 Å². The van der Waals surface area contributed by atoms with Gasteiger partial charge in [-0.2, -0.15) is 0 Å². The summed E-state index contributed by atoms with van der Waals surface area (Å²) in [5, 5.41) is 4.24. The van der Waals surface area contributed by atoms with E-state index in [0.29, 0.717) is 16.4 Å². The predicted octanol–water partition coefficient (Wildman–Crippen LogP) is 2.92. The summed E-state index contributed by atoms with van der Waals surface area (Å²) in [4.78, 5) is 4.14. The Morgan fingerprint density at radius 2 is 2.23 bits per heavy atom. The molecule has 2 nitrogen and oxygen atoms in total. The maximum absolute atomic E-state index is 5.93. The van der Waals surface area contributed by atoms with Gasteiger partial charge in [-0.05, 0) is 25.0 Å². The van der Waals surface area contributed by atoms with E-state index in [2.05, 4.69) is 10.3 Å². The van der Waals surface area contributed by atoms with Crippen LogP contribution >= 0.6 is 23.2 Å². The van der Waals surface area contributed by atoms with Gasteiger partial charge in [0.15, 0.2) is 0 Å². The second kappa shape index (κ2) is 3.72. The second-order valence-electron chi connectivity index (χ2n) is 3.24. The fourth-order valence-corrected chi connectivity index (χ4v) is 1.96. The Kier molecular flexibility index (Phi) is 2.61. The Morgan fingerprint density at radius 1 is 1.46 bits per heavy atom. The first kappa shape index (κ1) is 9.10. The first-order valence-corrected chi connectivity index (χ1v) is 5.08. The normalized spacial score (nSPS) is 26.6. The molecule has 0 saturated heterocycles. The standard InChI is InChI=1S/C9H10Cl2N2/c10-6-4-7(5-6)13-9-8(11)2-1-3-12-9/h1-3,6-7H,4-5H2,(H,12,13). The van der Waals surface area contributed by atoms with E-state index < -0.39 is 0 Å². The van der Waals surface area contributed by atoms with Crippen molar-refractivity contribution in [1.82, 2.24) is 4.98 Å². The SMILES string of the molecule is Clc1cccnc1NC1CC(Cl)C1. The number of anilines is 1. The number of nitrogens with one attached hydrogen (secondary N) is 1. The fraction of sp³-hybridized carbons (Fsp3) is 0.444. The number of pyridine rings is 1. The predicted molar refractivity (Wildman–Crippen MR) is 55.5 cm³/mol. The van der Waals surface area contributed by atoms with E-state index in [4.69, 9.17) is 23.2 Å². The van der Waals surface area contributed by atoms with Crippen molar-refractivity contribution in [1.29, 1.82) is 0 Å². The largest absolute Gasteiger partial charge is 0.366 e. The van der Waals surface area contributed by atoms with Gasteiger partial charge in [-0.25, -0.2) is 4.98 Å². The fourth-order valence-electron chi connectivity index (χ4n) is 1.35. The molecule has 0 spiro atoms. The highest BCUT2D eigenvalue weighted by molar-refractivity contribution is 6.32. The topological polar surface area (TPSA) is 24.9 Å². The molecule has 1 fully saturated rings. The van der Waals surface area contributed by atoms with Crippen molar-refractivity contribution in [3.63, 3.8) is 0 Å². The van der Waals surface area contributed by atoms with E-state index in [9.17, 15) is 0 Å². The molecule has 0 aromatic carbocycles. The van der Waals surface area contributed by atoms with E-state index in [0.717, 1.165) is 18.7 Å². The molecule has 0 amide bonds. The Balaban J connectivity index is 1.98. The van der Waals surface area contributed by atoms with Gasteiger partial charge >= 0.3 is 0 Å². The summed E-state index contributed by atoms with van der Waals surface area (Å²) in [6.45, 7) is 0. The molecule has 1 aliphatic rings. The Morgan fingerprint density at radius 3 is 2.85 bits per heavy atom. The number of aromatic nitrogens is 1. The zero-order valence-corrected chi connectivity index (χ0v) is 8.52. The molecule has 1 aromatic heterocycles. The summed E-state index contributed by atoms with van der Waals surface area (Å²) in [5.74, 6) is 0.762. The van der Waals surface area contributed by atoms with Gasteiger partial charge in [-0.15, -0.1) is 11.6 Å². The van der Waals surface area contributed by atoms with Gasteiger partial charge in [0.1, 0.15) is 5.82 Å². The van der Waals surface area contributed by atoms with Gasteiger partial charge in [0.2, 0.25) is 0 Å². The molecular formula is C9H10Cl2N2. The number of hydrogen-bond acceptors (Lipinski definition) is 2. The van der Waals surface area contributed by atoms with Gasteiger partial charge in [0.05, 0.1) is 5.02 Å². The van der Waals surface area contributed by atoms with Gasteiger partial charge in [-0.1, -0.05) is 11.6 Å². The van der Waals surface area contributed by atoms with Crippen LogP contribution in [0.2, 0.25) is 5.02 Å². The molecule has 1 heterocycles. The van der Waals surface area contributed by atoms with Crippen molar-refractivity contribution in [3.05, 3.63) is 23.4 Å². The Bertz CT molecular complexity index is 297. The molecule has 1 aromatic rings. The lowest BCUT2D eigenvalue weighted by atomic mass is 9.92. The summed E-state index contributed by atoms with van der Waals surface area (Å²) in [6.07, 6.45) is 3.72. The molecule has 1 N–H and O–H groups in total. The lowest BCUT2D eigenvalue weighted by molar-refractivity contribution is 0.453. The van der Waals surface area contributed by atoms with E-state index in [1.807, 2.05) is 12.1 Å². The van der Waals surface area contributed by atoms with E-state index in [-0.39, 0.29) is 0 Å². The van der Waals surface area contributed by atoms with Gasteiger partial charge < -0.3 is 5.32 Å². The lowest BCUT2D eigenvalue weighted by Crippen LogP contribution is -2.36. The van der Waals surface area contributed by atoms with Crippen molar-refractivity contribution < 1.29 is 0 Å². The summed E-state index contributed by atoms with van der Waals surface area (Å²) in [6, 6.07) is 4.08. The van der Waals surface area contributed by atoms with Crippen LogP contribution in [0.25, 0.3) is 0 Å². The summed E-state index contributed by atoms with van der Waals surface area (Å²) < 4.78 is 0. The van der Waals surface area contributed by atoms with Crippen LogP contribution < -0.4 is 5.32 Å². The van der Waals surface area contributed by atoms with E-state index >= 15 is 0 Å². The third-order valence-electron chi connectivity index (χ3n) is 2.18. The minimum atomic E-state index is 0.319. The van der Waals surface area contributed by atoms with Crippen LogP contribution in [-0.2, 0) is 0 Å². The van der Waals surface area contributed by atoms with Crippen LogP contribution in [0.5, 0.6) is 0 Å². The highest BCUT2D eigenvalue weighted by Crippen LogP contribution is 2.29. The molecule has 0 radical (unpaired) electrons. The average Bonchev–Trinajstić information content (AvgIpc) is 2.06. The third kappa shape index (κ3) is 2.06. The Labute approximate surface area is 87.3 Å².